The topological polar surface area (TPSA) is 41.1 Å². The van der Waals surface area contributed by atoms with Crippen LogP contribution in [0.15, 0.2) is 12.1 Å². The maximum atomic E-state index is 13.4. The highest BCUT2D eigenvalue weighted by molar-refractivity contribution is 5.74. The lowest BCUT2D eigenvalue weighted by Gasteiger charge is -2.09. The van der Waals surface area contributed by atoms with E-state index in [4.69, 9.17) is 0 Å². The van der Waals surface area contributed by atoms with Crippen LogP contribution in [0.2, 0.25) is 0 Å². The molecule has 0 unspecified atom stereocenters. The Bertz CT molecular complexity index is 418. The van der Waals surface area contributed by atoms with Crippen molar-refractivity contribution in [3.63, 3.8) is 0 Å². The Hall–Kier alpha value is -1.58. The first-order valence-electron chi connectivity index (χ1n) is 5.86. The van der Waals surface area contributed by atoms with Crippen LogP contribution >= 0.6 is 0 Å². The van der Waals surface area contributed by atoms with Crippen LogP contribution in [-0.4, -0.2) is 12.1 Å². The van der Waals surface area contributed by atoms with Crippen LogP contribution in [0.3, 0.4) is 0 Å². The van der Waals surface area contributed by atoms with Crippen LogP contribution < -0.4 is 10.6 Å². The fourth-order valence-corrected chi connectivity index (χ4v) is 1.78. The quantitative estimate of drug-likeness (QED) is 0.831. The Morgan fingerprint density at radius 3 is 2.47 bits per heavy atom. The lowest BCUT2D eigenvalue weighted by molar-refractivity contribution is 0.240. The molecule has 4 heteroatoms. The molecule has 3 nitrogen and oxygen atoms in total. The number of hydrogen-bond acceptors (Lipinski definition) is 1. The zero-order valence-corrected chi connectivity index (χ0v) is 10.1. The fraction of sp³-hybridized carbons (Fsp3) is 0.462. The molecular formula is C13H17FN2O. The number of rotatable bonds is 3. The summed E-state index contributed by atoms with van der Waals surface area (Å²) in [6.45, 7) is 3.90. The van der Waals surface area contributed by atoms with Crippen molar-refractivity contribution in [3.05, 3.63) is 34.6 Å². The van der Waals surface area contributed by atoms with E-state index < -0.39 is 0 Å². The van der Waals surface area contributed by atoms with Gasteiger partial charge in [0.05, 0.1) is 0 Å². The van der Waals surface area contributed by atoms with Gasteiger partial charge in [0.2, 0.25) is 0 Å². The Morgan fingerprint density at radius 1 is 1.35 bits per heavy atom. The summed E-state index contributed by atoms with van der Waals surface area (Å²) in [5, 5.41) is 5.61. The predicted molar refractivity (Wildman–Crippen MR) is 64.3 cm³/mol. The zero-order valence-electron chi connectivity index (χ0n) is 10.1. The number of carbonyl (C=O) groups is 1. The normalized spacial score (nSPS) is 14.5. The zero-order chi connectivity index (χ0) is 12.4. The molecular weight excluding hydrogens is 219 g/mol. The van der Waals surface area contributed by atoms with E-state index in [-0.39, 0.29) is 11.8 Å². The molecule has 1 aliphatic carbocycles. The first-order chi connectivity index (χ1) is 8.06. The van der Waals surface area contributed by atoms with E-state index in [0.717, 1.165) is 18.4 Å². The van der Waals surface area contributed by atoms with Gasteiger partial charge in [0, 0.05) is 12.6 Å². The second-order valence-corrected chi connectivity index (χ2v) is 4.64. The van der Waals surface area contributed by atoms with Gasteiger partial charge in [-0.2, -0.15) is 0 Å². The van der Waals surface area contributed by atoms with Crippen molar-refractivity contribution in [1.82, 2.24) is 10.6 Å². The van der Waals surface area contributed by atoms with Gasteiger partial charge in [-0.05, 0) is 43.4 Å². The third-order valence-corrected chi connectivity index (χ3v) is 2.86. The highest BCUT2D eigenvalue weighted by atomic mass is 19.1. The van der Waals surface area contributed by atoms with Crippen molar-refractivity contribution in [3.8, 4) is 0 Å². The van der Waals surface area contributed by atoms with Crippen LogP contribution in [0, 0.1) is 19.7 Å². The summed E-state index contributed by atoms with van der Waals surface area (Å²) in [5.74, 6) is -0.170. The van der Waals surface area contributed by atoms with Crippen LogP contribution in [0.1, 0.15) is 29.5 Å². The minimum Gasteiger partial charge on any atom is -0.335 e. The molecule has 0 aromatic heterocycles. The van der Waals surface area contributed by atoms with E-state index >= 15 is 0 Å². The number of amides is 2. The van der Waals surface area contributed by atoms with Gasteiger partial charge in [0.15, 0.2) is 0 Å². The van der Waals surface area contributed by atoms with E-state index in [1.54, 1.807) is 26.0 Å². The minimum absolute atomic E-state index is 0.146. The van der Waals surface area contributed by atoms with Gasteiger partial charge in [-0.1, -0.05) is 12.1 Å². The third kappa shape index (κ3) is 3.19. The molecule has 0 saturated heterocycles. The Morgan fingerprint density at radius 2 is 1.94 bits per heavy atom. The highest BCUT2D eigenvalue weighted by Crippen LogP contribution is 2.18. The van der Waals surface area contributed by atoms with Crippen molar-refractivity contribution in [2.75, 3.05) is 0 Å². The monoisotopic (exact) mass is 236 g/mol. The summed E-state index contributed by atoms with van der Waals surface area (Å²) in [6, 6.07) is 3.73. The number of hydrogen-bond donors (Lipinski definition) is 2. The minimum atomic E-state index is -0.170. The second-order valence-electron chi connectivity index (χ2n) is 4.64. The van der Waals surface area contributed by atoms with Gasteiger partial charge >= 0.3 is 6.03 Å². The molecule has 1 aromatic carbocycles. The van der Waals surface area contributed by atoms with Crippen molar-refractivity contribution in [2.24, 2.45) is 0 Å². The van der Waals surface area contributed by atoms with Crippen LogP contribution in [0.5, 0.6) is 0 Å². The van der Waals surface area contributed by atoms with Crippen LogP contribution in [0.4, 0.5) is 9.18 Å². The number of urea groups is 1. The van der Waals surface area contributed by atoms with Gasteiger partial charge < -0.3 is 10.6 Å². The Labute approximate surface area is 100 Å². The van der Waals surface area contributed by atoms with Gasteiger partial charge in [-0.15, -0.1) is 0 Å². The maximum Gasteiger partial charge on any atom is 0.315 e. The molecule has 2 amide bonds. The van der Waals surface area contributed by atoms with Crippen molar-refractivity contribution >= 4 is 6.03 Å². The molecule has 0 spiro atoms. The van der Waals surface area contributed by atoms with Crippen molar-refractivity contribution in [1.29, 1.82) is 0 Å². The number of halogens is 1. The molecule has 0 heterocycles. The SMILES string of the molecule is Cc1cc(CNC(=O)NC2CC2)cc(C)c1F. The van der Waals surface area contributed by atoms with E-state index in [0.29, 0.717) is 23.7 Å². The molecule has 2 N–H and O–H groups in total. The fourth-order valence-electron chi connectivity index (χ4n) is 1.78. The molecule has 92 valence electrons. The lowest BCUT2D eigenvalue weighted by Crippen LogP contribution is -2.36. The molecule has 0 atom stereocenters. The van der Waals surface area contributed by atoms with Gasteiger partial charge in [-0.25, -0.2) is 9.18 Å². The molecule has 0 bridgehead atoms. The maximum absolute atomic E-state index is 13.4. The van der Waals surface area contributed by atoms with Gasteiger partial charge in [0.25, 0.3) is 0 Å². The van der Waals surface area contributed by atoms with Gasteiger partial charge in [0.1, 0.15) is 5.82 Å². The smallest absolute Gasteiger partial charge is 0.315 e. The third-order valence-electron chi connectivity index (χ3n) is 2.86. The summed E-state index contributed by atoms with van der Waals surface area (Å²) in [5.41, 5.74) is 2.15. The number of nitrogens with one attached hydrogen (secondary N) is 2. The highest BCUT2D eigenvalue weighted by Gasteiger charge is 2.22. The molecule has 17 heavy (non-hydrogen) atoms. The summed E-state index contributed by atoms with van der Waals surface area (Å²) in [4.78, 5) is 11.4. The summed E-state index contributed by atoms with van der Waals surface area (Å²) >= 11 is 0. The Balaban J connectivity index is 1.91. The Kier molecular flexibility index (Phi) is 3.31. The van der Waals surface area contributed by atoms with Crippen molar-refractivity contribution < 1.29 is 9.18 Å². The van der Waals surface area contributed by atoms with Crippen molar-refractivity contribution in [2.45, 2.75) is 39.3 Å². The molecule has 1 aliphatic rings. The summed E-state index contributed by atoms with van der Waals surface area (Å²) < 4.78 is 13.4. The standard InChI is InChI=1S/C13H17FN2O/c1-8-5-10(6-9(2)12(8)14)7-15-13(17)16-11-3-4-11/h5-6,11H,3-4,7H2,1-2H3,(H2,15,16,17). The van der Waals surface area contributed by atoms with E-state index in [1.165, 1.54) is 0 Å². The first-order valence-corrected chi connectivity index (χ1v) is 5.86. The van der Waals surface area contributed by atoms with Crippen LogP contribution in [-0.2, 0) is 6.54 Å². The second kappa shape index (κ2) is 4.73. The predicted octanol–water partition coefficient (Wildman–Crippen LogP) is 2.40. The van der Waals surface area contributed by atoms with Crippen LogP contribution in [0.25, 0.3) is 0 Å². The molecule has 1 aromatic rings. The molecule has 2 rings (SSSR count). The number of carbonyl (C=O) groups excluding carboxylic acids is 1. The molecule has 0 aliphatic heterocycles. The number of benzene rings is 1. The van der Waals surface area contributed by atoms with Gasteiger partial charge in [-0.3, -0.25) is 0 Å². The van der Waals surface area contributed by atoms with E-state index in [9.17, 15) is 9.18 Å². The number of aryl methyl sites for hydroxylation is 2. The first kappa shape index (κ1) is 11.9. The van der Waals surface area contributed by atoms with E-state index in [2.05, 4.69) is 10.6 Å². The summed E-state index contributed by atoms with van der Waals surface area (Å²) in [7, 11) is 0. The molecule has 1 fully saturated rings. The molecule has 1 saturated carbocycles. The summed E-state index contributed by atoms with van der Waals surface area (Å²) in [6.07, 6.45) is 2.14. The average Bonchev–Trinajstić information content (AvgIpc) is 3.06. The lowest BCUT2D eigenvalue weighted by atomic mass is 10.1. The average molecular weight is 236 g/mol. The largest absolute Gasteiger partial charge is 0.335 e. The van der Waals surface area contributed by atoms with E-state index in [1.807, 2.05) is 0 Å². The molecule has 0 radical (unpaired) electrons.